The zero-order valence-corrected chi connectivity index (χ0v) is 18.6. The van der Waals surface area contributed by atoms with E-state index in [-0.39, 0.29) is 11.9 Å². The number of ether oxygens (including phenoxy) is 1. The Labute approximate surface area is 178 Å². The lowest BCUT2D eigenvalue weighted by Gasteiger charge is -2.27. The molecule has 164 valence electrons. The maximum Gasteiger partial charge on any atom is 0.222 e. The van der Waals surface area contributed by atoms with E-state index in [2.05, 4.69) is 4.98 Å². The summed E-state index contributed by atoms with van der Waals surface area (Å²) in [6.45, 7) is 3.83. The number of benzene rings is 1. The smallest absolute Gasteiger partial charge is 0.222 e. The van der Waals surface area contributed by atoms with Crippen LogP contribution >= 0.6 is 0 Å². The first kappa shape index (κ1) is 22.3. The van der Waals surface area contributed by atoms with Crippen molar-refractivity contribution in [1.29, 1.82) is 0 Å². The minimum absolute atomic E-state index is 0.0622. The Bertz CT molecular complexity index is 956. The number of imidazole rings is 1. The van der Waals surface area contributed by atoms with Gasteiger partial charge in [-0.1, -0.05) is 12.1 Å². The highest BCUT2D eigenvalue weighted by Crippen LogP contribution is 2.20. The third-order valence-electron chi connectivity index (χ3n) is 5.62. The number of carbonyl (C=O) groups excluding carboxylic acids is 1. The summed E-state index contributed by atoms with van der Waals surface area (Å²) in [5, 5.41) is 0. The van der Waals surface area contributed by atoms with Crippen LogP contribution in [0.4, 0.5) is 0 Å². The normalized spacial score (nSPS) is 16.9. The Morgan fingerprint density at radius 1 is 1.30 bits per heavy atom. The van der Waals surface area contributed by atoms with E-state index in [1.54, 1.807) is 18.2 Å². The third-order valence-corrected chi connectivity index (χ3v) is 6.95. The molecule has 0 saturated carbocycles. The highest BCUT2D eigenvalue weighted by molar-refractivity contribution is 7.88. The fourth-order valence-electron chi connectivity index (χ4n) is 3.87. The van der Waals surface area contributed by atoms with Crippen molar-refractivity contribution in [1.82, 2.24) is 18.8 Å². The standard InChI is InChI=1S/C21H30N4O4S/c1-17-22-11-13-23(17)14-15-25(30(3,27)28)19-10-12-24(16-19)21(26)9-6-18-4-7-20(29-2)8-5-18/h4-5,7-8,11,13,19H,6,9-10,12,14-16H2,1-3H3. The van der Waals surface area contributed by atoms with Gasteiger partial charge in [0.2, 0.25) is 15.9 Å². The van der Waals surface area contributed by atoms with Gasteiger partial charge in [0.15, 0.2) is 0 Å². The van der Waals surface area contributed by atoms with Crippen LogP contribution < -0.4 is 4.74 Å². The van der Waals surface area contributed by atoms with Gasteiger partial charge in [0.05, 0.1) is 13.4 Å². The van der Waals surface area contributed by atoms with Gasteiger partial charge in [-0.15, -0.1) is 0 Å². The van der Waals surface area contributed by atoms with Crippen molar-refractivity contribution < 1.29 is 17.9 Å². The Hall–Kier alpha value is -2.39. The number of amides is 1. The number of rotatable bonds is 9. The predicted molar refractivity (Wildman–Crippen MR) is 115 cm³/mol. The Kier molecular flexibility index (Phi) is 7.14. The van der Waals surface area contributed by atoms with Crippen LogP contribution in [0, 0.1) is 6.92 Å². The van der Waals surface area contributed by atoms with Crippen LogP contribution in [0.25, 0.3) is 0 Å². The number of nitrogens with zero attached hydrogens (tertiary/aromatic N) is 4. The van der Waals surface area contributed by atoms with Crippen LogP contribution in [0.15, 0.2) is 36.7 Å². The topological polar surface area (TPSA) is 84.7 Å². The van der Waals surface area contributed by atoms with Crippen LogP contribution in [-0.4, -0.2) is 72.1 Å². The van der Waals surface area contributed by atoms with E-state index in [1.807, 2.05) is 42.0 Å². The lowest BCUT2D eigenvalue weighted by molar-refractivity contribution is -0.130. The van der Waals surface area contributed by atoms with Crippen LogP contribution in [-0.2, 0) is 27.8 Å². The lowest BCUT2D eigenvalue weighted by atomic mass is 10.1. The maximum absolute atomic E-state index is 12.7. The zero-order valence-electron chi connectivity index (χ0n) is 17.8. The molecule has 1 aromatic heterocycles. The summed E-state index contributed by atoms with van der Waals surface area (Å²) in [7, 11) is -1.75. The number of sulfonamides is 1. The number of aryl methyl sites for hydroxylation is 2. The molecule has 1 aliphatic heterocycles. The average Bonchev–Trinajstić information content (AvgIpc) is 3.35. The molecular formula is C21H30N4O4S. The van der Waals surface area contributed by atoms with Crippen LogP contribution in [0.2, 0.25) is 0 Å². The first-order valence-corrected chi connectivity index (χ1v) is 12.0. The predicted octanol–water partition coefficient (Wildman–Crippen LogP) is 1.70. The number of methoxy groups -OCH3 is 1. The average molecular weight is 435 g/mol. The molecule has 2 heterocycles. The Morgan fingerprint density at radius 2 is 2.03 bits per heavy atom. The molecular weight excluding hydrogens is 404 g/mol. The maximum atomic E-state index is 12.7. The number of hydrogen-bond acceptors (Lipinski definition) is 5. The van der Waals surface area contributed by atoms with E-state index in [9.17, 15) is 13.2 Å². The number of aromatic nitrogens is 2. The highest BCUT2D eigenvalue weighted by Gasteiger charge is 2.34. The van der Waals surface area contributed by atoms with Crippen molar-refractivity contribution in [3.8, 4) is 5.75 Å². The van der Waals surface area contributed by atoms with Crippen LogP contribution in [0.3, 0.4) is 0 Å². The van der Waals surface area contributed by atoms with Gasteiger partial charge < -0.3 is 14.2 Å². The first-order chi connectivity index (χ1) is 14.3. The fraction of sp³-hybridized carbons (Fsp3) is 0.524. The van der Waals surface area contributed by atoms with Gasteiger partial charge in [-0.05, 0) is 37.5 Å². The van der Waals surface area contributed by atoms with E-state index in [1.165, 1.54) is 10.6 Å². The van der Waals surface area contributed by atoms with E-state index in [0.29, 0.717) is 45.4 Å². The summed E-state index contributed by atoms with van der Waals surface area (Å²) in [6, 6.07) is 7.51. The number of likely N-dealkylation sites (tertiary alicyclic amines) is 1. The second-order valence-corrected chi connectivity index (χ2v) is 9.61. The molecule has 0 bridgehead atoms. The molecule has 8 nitrogen and oxygen atoms in total. The summed E-state index contributed by atoms with van der Waals surface area (Å²) >= 11 is 0. The molecule has 1 fully saturated rings. The molecule has 0 spiro atoms. The zero-order chi connectivity index (χ0) is 21.7. The molecule has 1 aliphatic rings. The van der Waals surface area contributed by atoms with Gasteiger partial charge in [-0.3, -0.25) is 4.79 Å². The molecule has 1 amide bonds. The molecule has 3 rings (SSSR count). The van der Waals surface area contributed by atoms with Gasteiger partial charge in [0.1, 0.15) is 11.6 Å². The molecule has 0 aliphatic carbocycles. The highest BCUT2D eigenvalue weighted by atomic mass is 32.2. The summed E-state index contributed by atoms with van der Waals surface area (Å²) in [4.78, 5) is 18.6. The second-order valence-electron chi connectivity index (χ2n) is 7.67. The molecule has 0 N–H and O–H groups in total. The number of hydrogen-bond donors (Lipinski definition) is 0. The van der Waals surface area contributed by atoms with Crippen molar-refractivity contribution in [2.75, 3.05) is 33.0 Å². The molecule has 0 radical (unpaired) electrons. The minimum Gasteiger partial charge on any atom is -0.497 e. The van der Waals surface area contributed by atoms with Gasteiger partial charge in [-0.2, -0.15) is 4.31 Å². The van der Waals surface area contributed by atoms with Crippen LogP contribution in [0.1, 0.15) is 24.2 Å². The Morgan fingerprint density at radius 3 is 2.63 bits per heavy atom. The number of carbonyl (C=O) groups is 1. The lowest BCUT2D eigenvalue weighted by Crippen LogP contribution is -2.43. The largest absolute Gasteiger partial charge is 0.497 e. The van der Waals surface area contributed by atoms with E-state index < -0.39 is 10.0 Å². The summed E-state index contributed by atoms with van der Waals surface area (Å²) < 4.78 is 33.4. The molecule has 1 atom stereocenters. The SMILES string of the molecule is COc1ccc(CCC(=O)N2CCC(N(CCn3ccnc3C)S(C)(=O)=O)C2)cc1. The molecule has 1 aromatic carbocycles. The Balaban J connectivity index is 1.55. The van der Waals surface area contributed by atoms with Gasteiger partial charge in [0, 0.05) is 51.0 Å². The van der Waals surface area contributed by atoms with E-state index in [4.69, 9.17) is 4.74 Å². The van der Waals surface area contributed by atoms with Crippen molar-refractivity contribution in [2.24, 2.45) is 0 Å². The third kappa shape index (κ3) is 5.60. The molecule has 1 unspecified atom stereocenters. The first-order valence-electron chi connectivity index (χ1n) is 10.1. The van der Waals surface area contributed by atoms with Crippen molar-refractivity contribution in [3.63, 3.8) is 0 Å². The summed E-state index contributed by atoms with van der Waals surface area (Å²) in [6.07, 6.45) is 6.51. The van der Waals surface area contributed by atoms with Gasteiger partial charge in [0.25, 0.3) is 0 Å². The van der Waals surface area contributed by atoms with Crippen LogP contribution in [0.5, 0.6) is 5.75 Å². The second kappa shape index (κ2) is 9.61. The van der Waals surface area contributed by atoms with Crippen molar-refractivity contribution >= 4 is 15.9 Å². The van der Waals surface area contributed by atoms with Gasteiger partial charge in [-0.25, -0.2) is 13.4 Å². The molecule has 9 heteroatoms. The minimum atomic E-state index is -3.38. The summed E-state index contributed by atoms with van der Waals surface area (Å²) in [5.74, 6) is 1.71. The molecule has 30 heavy (non-hydrogen) atoms. The van der Waals surface area contributed by atoms with Gasteiger partial charge >= 0.3 is 0 Å². The summed E-state index contributed by atoms with van der Waals surface area (Å²) in [5.41, 5.74) is 1.08. The van der Waals surface area contributed by atoms with E-state index >= 15 is 0 Å². The van der Waals surface area contributed by atoms with Crippen molar-refractivity contribution in [3.05, 3.63) is 48.0 Å². The molecule has 1 saturated heterocycles. The van der Waals surface area contributed by atoms with E-state index in [0.717, 1.165) is 17.1 Å². The van der Waals surface area contributed by atoms with Crippen molar-refractivity contribution in [2.45, 2.75) is 38.8 Å². The monoisotopic (exact) mass is 434 g/mol. The fourth-order valence-corrected chi connectivity index (χ4v) is 5.00. The molecule has 2 aromatic rings. The quantitative estimate of drug-likeness (QED) is 0.600.